The molecule has 2 aliphatic rings. The van der Waals surface area contributed by atoms with Crippen molar-refractivity contribution in [2.45, 2.75) is 19.8 Å². The molecule has 0 aromatic heterocycles. The zero-order valence-corrected chi connectivity index (χ0v) is 14.7. The number of carbonyl (C=O) groups is 3. The lowest BCUT2D eigenvalue weighted by Gasteiger charge is -2.19. The normalized spacial score (nSPS) is 21.7. The first kappa shape index (κ1) is 16.2. The maximum Gasteiger partial charge on any atom is 0.340 e. The van der Waals surface area contributed by atoms with Gasteiger partial charge in [0, 0.05) is 17.8 Å². The van der Waals surface area contributed by atoms with E-state index in [-0.39, 0.29) is 25.9 Å². The Bertz CT molecular complexity index is 635. The minimum absolute atomic E-state index is 0.0497. The number of allylic oxidation sites excluding steroid dienone is 4. The zero-order valence-electron chi connectivity index (χ0n) is 11.5. The molecule has 0 radical (unpaired) electrons. The third kappa shape index (κ3) is 2.76. The standard InChI is InChI=1S/C14H13Br2NO4/c1-6-10(15)13(19)9(11(16)12(6)18)8(14(20)21-2)7-4-3-5-17-7/h17H,3-5H2,1-2H3/b8-7-. The minimum Gasteiger partial charge on any atom is -0.465 e. The highest BCUT2D eigenvalue weighted by atomic mass is 79.9. The van der Waals surface area contributed by atoms with Crippen molar-refractivity contribution in [3.05, 3.63) is 31.4 Å². The molecule has 0 atom stereocenters. The first-order valence-corrected chi connectivity index (χ1v) is 7.90. The van der Waals surface area contributed by atoms with E-state index in [1.54, 1.807) is 6.92 Å². The Morgan fingerprint density at radius 3 is 2.38 bits per heavy atom. The van der Waals surface area contributed by atoms with E-state index in [0.29, 0.717) is 17.7 Å². The molecule has 0 aromatic carbocycles. The van der Waals surface area contributed by atoms with Crippen molar-refractivity contribution in [1.82, 2.24) is 5.32 Å². The number of ketones is 2. The fraction of sp³-hybridized carbons (Fsp3) is 0.357. The van der Waals surface area contributed by atoms with Crippen molar-refractivity contribution in [3.8, 4) is 0 Å². The SMILES string of the molecule is COC(=O)/C(C1=C(Br)C(=O)C(C)=C(Br)C1=O)=C1/CCCN1. The van der Waals surface area contributed by atoms with E-state index in [0.717, 1.165) is 13.0 Å². The molecule has 5 nitrogen and oxygen atoms in total. The lowest BCUT2D eigenvalue weighted by Crippen LogP contribution is -2.25. The highest BCUT2D eigenvalue weighted by molar-refractivity contribution is 9.12. The molecule has 1 N–H and O–H groups in total. The van der Waals surface area contributed by atoms with Crippen LogP contribution in [0.2, 0.25) is 0 Å². The predicted octanol–water partition coefficient (Wildman–Crippen LogP) is 2.27. The second-order valence-electron chi connectivity index (χ2n) is 4.66. The summed E-state index contributed by atoms with van der Waals surface area (Å²) < 4.78 is 5.05. The second kappa shape index (κ2) is 6.27. The molecule has 0 amide bonds. The van der Waals surface area contributed by atoms with Crippen LogP contribution in [0.15, 0.2) is 31.4 Å². The van der Waals surface area contributed by atoms with E-state index in [9.17, 15) is 14.4 Å². The molecule has 0 aromatic rings. The molecule has 0 unspecified atom stereocenters. The maximum absolute atomic E-state index is 12.5. The van der Waals surface area contributed by atoms with Gasteiger partial charge < -0.3 is 10.1 Å². The molecule has 1 aliphatic carbocycles. The molecular formula is C14H13Br2NO4. The smallest absolute Gasteiger partial charge is 0.340 e. The molecule has 7 heteroatoms. The molecule has 0 spiro atoms. The molecule has 112 valence electrons. The van der Waals surface area contributed by atoms with Crippen molar-refractivity contribution in [1.29, 1.82) is 0 Å². The zero-order chi connectivity index (χ0) is 15.7. The summed E-state index contributed by atoms with van der Waals surface area (Å²) in [6.45, 7) is 2.28. The molecule has 0 bridgehead atoms. The maximum atomic E-state index is 12.5. The topological polar surface area (TPSA) is 72.5 Å². The molecule has 1 heterocycles. The highest BCUT2D eigenvalue weighted by Crippen LogP contribution is 2.36. The lowest BCUT2D eigenvalue weighted by molar-refractivity contribution is -0.136. The lowest BCUT2D eigenvalue weighted by atomic mass is 9.91. The summed E-state index contributed by atoms with van der Waals surface area (Å²) in [7, 11) is 1.25. The first-order valence-electron chi connectivity index (χ1n) is 6.31. The summed E-state index contributed by atoms with van der Waals surface area (Å²) in [6.07, 6.45) is 1.49. The molecule has 21 heavy (non-hydrogen) atoms. The van der Waals surface area contributed by atoms with Crippen LogP contribution in [0, 0.1) is 0 Å². The van der Waals surface area contributed by atoms with Crippen molar-refractivity contribution >= 4 is 49.4 Å². The first-order chi connectivity index (χ1) is 9.90. The van der Waals surface area contributed by atoms with Gasteiger partial charge >= 0.3 is 5.97 Å². The Kier molecular flexibility index (Phi) is 4.83. The minimum atomic E-state index is -0.632. The monoisotopic (exact) mass is 417 g/mol. The third-order valence-electron chi connectivity index (χ3n) is 3.40. The van der Waals surface area contributed by atoms with Gasteiger partial charge in [-0.05, 0) is 51.6 Å². The number of esters is 1. The number of halogens is 2. The van der Waals surface area contributed by atoms with Crippen LogP contribution >= 0.6 is 31.9 Å². The number of hydrogen-bond donors (Lipinski definition) is 1. The number of methoxy groups -OCH3 is 1. The number of carbonyl (C=O) groups excluding carboxylic acids is 3. The van der Waals surface area contributed by atoms with Crippen LogP contribution in [-0.2, 0) is 19.1 Å². The van der Waals surface area contributed by atoms with Gasteiger partial charge in [0.15, 0.2) is 5.78 Å². The van der Waals surface area contributed by atoms with Crippen LogP contribution in [0.5, 0.6) is 0 Å². The molecule has 1 fully saturated rings. The predicted molar refractivity (Wildman–Crippen MR) is 83.9 cm³/mol. The second-order valence-corrected chi connectivity index (χ2v) is 6.25. The van der Waals surface area contributed by atoms with E-state index >= 15 is 0 Å². The van der Waals surface area contributed by atoms with Crippen molar-refractivity contribution in [3.63, 3.8) is 0 Å². The number of rotatable bonds is 2. The van der Waals surface area contributed by atoms with Crippen LogP contribution in [0.4, 0.5) is 0 Å². The van der Waals surface area contributed by atoms with E-state index in [1.807, 2.05) is 0 Å². The summed E-state index contributed by atoms with van der Waals surface area (Å²) in [5, 5.41) is 3.08. The molecular weight excluding hydrogens is 406 g/mol. The number of ether oxygens (including phenoxy) is 1. The summed E-state index contributed by atoms with van der Waals surface area (Å²) in [4.78, 5) is 36.8. The van der Waals surface area contributed by atoms with Crippen molar-refractivity contribution in [2.75, 3.05) is 13.7 Å². The quantitative estimate of drug-likeness (QED) is 0.423. The van der Waals surface area contributed by atoms with Gasteiger partial charge in [-0.1, -0.05) is 0 Å². The summed E-state index contributed by atoms with van der Waals surface area (Å²) in [5.74, 6) is -1.36. The summed E-state index contributed by atoms with van der Waals surface area (Å²) in [5.41, 5.74) is 1.12. The molecule has 1 saturated heterocycles. The van der Waals surface area contributed by atoms with E-state index in [2.05, 4.69) is 37.2 Å². The van der Waals surface area contributed by atoms with Crippen LogP contribution in [0.25, 0.3) is 0 Å². The number of nitrogens with one attached hydrogen (secondary N) is 1. The van der Waals surface area contributed by atoms with Crippen LogP contribution in [0.3, 0.4) is 0 Å². The summed E-state index contributed by atoms with van der Waals surface area (Å²) >= 11 is 6.29. The van der Waals surface area contributed by atoms with Gasteiger partial charge in [-0.3, -0.25) is 9.59 Å². The fourth-order valence-electron chi connectivity index (χ4n) is 2.27. The van der Waals surface area contributed by atoms with E-state index < -0.39 is 11.8 Å². The Morgan fingerprint density at radius 1 is 1.19 bits per heavy atom. The highest BCUT2D eigenvalue weighted by Gasteiger charge is 2.36. The van der Waals surface area contributed by atoms with Crippen molar-refractivity contribution < 1.29 is 19.1 Å². The van der Waals surface area contributed by atoms with Gasteiger partial charge in [-0.2, -0.15) is 0 Å². The van der Waals surface area contributed by atoms with Gasteiger partial charge in [0.05, 0.1) is 27.2 Å². The van der Waals surface area contributed by atoms with Gasteiger partial charge in [0.2, 0.25) is 5.78 Å². The number of hydrogen-bond acceptors (Lipinski definition) is 5. The summed E-state index contributed by atoms with van der Waals surface area (Å²) in [6, 6.07) is 0. The van der Waals surface area contributed by atoms with Crippen LogP contribution < -0.4 is 5.32 Å². The van der Waals surface area contributed by atoms with Gasteiger partial charge in [-0.25, -0.2) is 4.79 Å². The van der Waals surface area contributed by atoms with Crippen LogP contribution in [-0.4, -0.2) is 31.2 Å². The molecule has 2 rings (SSSR count). The fourth-order valence-corrected chi connectivity index (χ4v) is 3.32. The van der Waals surface area contributed by atoms with Crippen LogP contribution in [0.1, 0.15) is 19.8 Å². The Labute approximate surface area is 138 Å². The third-order valence-corrected chi connectivity index (χ3v) is 5.11. The molecule has 1 aliphatic heterocycles. The Balaban J connectivity index is 2.66. The average Bonchev–Trinajstić information content (AvgIpc) is 3.00. The Hall–Kier alpha value is -1.21. The van der Waals surface area contributed by atoms with E-state index in [1.165, 1.54) is 7.11 Å². The largest absolute Gasteiger partial charge is 0.465 e. The number of Topliss-reactive ketones (excluding diaryl/α,β-unsaturated/α-hetero) is 2. The molecule has 0 saturated carbocycles. The van der Waals surface area contributed by atoms with Gasteiger partial charge in [-0.15, -0.1) is 0 Å². The van der Waals surface area contributed by atoms with E-state index in [4.69, 9.17) is 4.74 Å². The van der Waals surface area contributed by atoms with Gasteiger partial charge in [0.1, 0.15) is 0 Å². The van der Waals surface area contributed by atoms with Crippen molar-refractivity contribution in [2.24, 2.45) is 0 Å². The van der Waals surface area contributed by atoms with Gasteiger partial charge in [0.25, 0.3) is 0 Å². The Morgan fingerprint density at radius 2 is 1.86 bits per heavy atom. The average molecular weight is 419 g/mol.